The van der Waals surface area contributed by atoms with Crippen molar-refractivity contribution in [3.05, 3.63) is 11.6 Å². The Balaban J connectivity index is 2.07. The number of ether oxygens (including phenoxy) is 1. The largest absolute Gasteiger partial charge is 0.360 e. The molecule has 3 atom stereocenters. The monoisotopic (exact) mass is 198 g/mol. The molecule has 1 N–H and O–H groups in total. The maximum atomic E-state index is 10.3. The highest BCUT2D eigenvalue weighted by Gasteiger charge is 2.72. The Bertz CT molecular complexity index is 335. The van der Waals surface area contributed by atoms with E-state index in [2.05, 4.69) is 0 Å². The Kier molecular flexibility index (Phi) is 1.31. The number of hydrogen-bond donors (Lipinski definition) is 1. The summed E-state index contributed by atoms with van der Waals surface area (Å²) in [6.07, 6.45) is 2.50. The second-order valence-electron chi connectivity index (χ2n) is 5.01. The maximum Gasteiger partial charge on any atom is 0.253 e. The average Bonchev–Trinajstić information content (AvgIpc) is 2.70. The molecule has 4 heteroatoms. The molecule has 3 aliphatic rings. The SMILES string of the molecule is CC1(C)OOC2(O)C1=CCC1(C)OC12. The zero-order valence-electron chi connectivity index (χ0n) is 8.53. The molecular weight excluding hydrogens is 184 g/mol. The summed E-state index contributed by atoms with van der Waals surface area (Å²) in [5.74, 6) is -1.36. The van der Waals surface area contributed by atoms with Gasteiger partial charge in [-0.1, -0.05) is 6.08 Å². The predicted molar refractivity (Wildman–Crippen MR) is 47.2 cm³/mol. The smallest absolute Gasteiger partial charge is 0.253 e. The van der Waals surface area contributed by atoms with Crippen LogP contribution in [0, 0.1) is 0 Å². The van der Waals surface area contributed by atoms with Crippen molar-refractivity contribution < 1.29 is 19.6 Å². The van der Waals surface area contributed by atoms with Gasteiger partial charge >= 0.3 is 0 Å². The van der Waals surface area contributed by atoms with E-state index < -0.39 is 11.4 Å². The number of epoxide rings is 1. The van der Waals surface area contributed by atoms with Gasteiger partial charge in [-0.15, -0.1) is 0 Å². The molecular formula is C10H14O4. The van der Waals surface area contributed by atoms with Gasteiger partial charge in [-0.3, -0.25) is 0 Å². The van der Waals surface area contributed by atoms with Crippen LogP contribution in [-0.2, 0) is 14.5 Å². The third-order valence-electron chi connectivity index (χ3n) is 3.36. The van der Waals surface area contributed by atoms with Crippen LogP contribution in [0.3, 0.4) is 0 Å². The zero-order valence-corrected chi connectivity index (χ0v) is 8.53. The molecule has 0 spiro atoms. The second-order valence-corrected chi connectivity index (χ2v) is 5.01. The first-order valence-electron chi connectivity index (χ1n) is 4.87. The van der Waals surface area contributed by atoms with Gasteiger partial charge in [0.1, 0.15) is 17.3 Å². The molecule has 3 rings (SSSR count). The summed E-state index contributed by atoms with van der Waals surface area (Å²) in [4.78, 5) is 10.2. The van der Waals surface area contributed by atoms with E-state index in [4.69, 9.17) is 14.5 Å². The van der Waals surface area contributed by atoms with Gasteiger partial charge in [-0.2, -0.15) is 4.89 Å². The normalized spacial score (nSPS) is 53.4. The molecule has 0 aromatic rings. The fourth-order valence-corrected chi connectivity index (χ4v) is 2.45. The van der Waals surface area contributed by atoms with Crippen LogP contribution in [0.1, 0.15) is 27.2 Å². The lowest BCUT2D eigenvalue weighted by Crippen LogP contribution is -2.44. The third kappa shape index (κ3) is 0.827. The molecule has 4 nitrogen and oxygen atoms in total. The third-order valence-corrected chi connectivity index (χ3v) is 3.36. The van der Waals surface area contributed by atoms with Gasteiger partial charge in [0, 0.05) is 5.57 Å². The van der Waals surface area contributed by atoms with Gasteiger partial charge in [0.2, 0.25) is 0 Å². The van der Waals surface area contributed by atoms with Crippen LogP contribution in [0.25, 0.3) is 0 Å². The van der Waals surface area contributed by atoms with E-state index in [0.29, 0.717) is 0 Å². The molecule has 3 unspecified atom stereocenters. The standard InChI is InChI=1S/C10H14O4/c1-8(2)6-4-5-9(3)7(12-9)10(6,11)14-13-8/h4,7,11H,5H2,1-3H3. The number of rotatable bonds is 0. The van der Waals surface area contributed by atoms with E-state index in [9.17, 15) is 5.11 Å². The van der Waals surface area contributed by atoms with E-state index in [1.54, 1.807) is 0 Å². The van der Waals surface area contributed by atoms with Crippen LogP contribution in [-0.4, -0.2) is 28.2 Å². The van der Waals surface area contributed by atoms with Crippen LogP contribution in [0.15, 0.2) is 11.6 Å². The fraction of sp³-hybridized carbons (Fsp3) is 0.800. The molecule has 78 valence electrons. The van der Waals surface area contributed by atoms with Crippen molar-refractivity contribution in [2.24, 2.45) is 0 Å². The van der Waals surface area contributed by atoms with Crippen LogP contribution in [0.2, 0.25) is 0 Å². The molecule has 0 aromatic carbocycles. The summed E-state index contributed by atoms with van der Waals surface area (Å²) < 4.78 is 5.47. The van der Waals surface area contributed by atoms with Gasteiger partial charge in [-0.25, -0.2) is 4.89 Å². The van der Waals surface area contributed by atoms with Crippen molar-refractivity contribution in [2.45, 2.75) is 50.3 Å². The van der Waals surface area contributed by atoms with E-state index in [-0.39, 0.29) is 11.7 Å². The molecule has 0 bridgehead atoms. The van der Waals surface area contributed by atoms with Gasteiger partial charge in [-0.05, 0) is 27.2 Å². The first kappa shape index (κ1) is 8.85. The molecule has 0 saturated carbocycles. The molecule has 2 fully saturated rings. The number of fused-ring (bicyclic) bond motifs is 3. The first-order valence-corrected chi connectivity index (χ1v) is 4.87. The van der Waals surface area contributed by atoms with E-state index in [1.165, 1.54) is 0 Å². The summed E-state index contributed by atoms with van der Waals surface area (Å²) in [6, 6.07) is 0. The highest BCUT2D eigenvalue weighted by molar-refractivity contribution is 5.36. The summed E-state index contributed by atoms with van der Waals surface area (Å²) in [5.41, 5.74) is -0.0330. The van der Waals surface area contributed by atoms with Crippen LogP contribution in [0.5, 0.6) is 0 Å². The lowest BCUT2D eigenvalue weighted by molar-refractivity contribution is -0.392. The van der Waals surface area contributed by atoms with Gasteiger partial charge < -0.3 is 9.84 Å². The highest BCUT2D eigenvalue weighted by atomic mass is 17.2. The Morgan fingerprint density at radius 3 is 2.79 bits per heavy atom. The van der Waals surface area contributed by atoms with E-state index in [0.717, 1.165) is 12.0 Å². The van der Waals surface area contributed by atoms with Crippen LogP contribution in [0.4, 0.5) is 0 Å². The Morgan fingerprint density at radius 2 is 2.07 bits per heavy atom. The summed E-state index contributed by atoms with van der Waals surface area (Å²) >= 11 is 0. The van der Waals surface area contributed by atoms with Gasteiger partial charge in [0.05, 0.1) is 0 Å². The van der Waals surface area contributed by atoms with Crippen LogP contribution >= 0.6 is 0 Å². The maximum absolute atomic E-state index is 10.3. The summed E-state index contributed by atoms with van der Waals surface area (Å²) in [6.45, 7) is 5.72. The van der Waals surface area contributed by atoms with Crippen molar-refractivity contribution in [2.75, 3.05) is 0 Å². The summed E-state index contributed by atoms with van der Waals surface area (Å²) in [5, 5.41) is 10.3. The van der Waals surface area contributed by atoms with Gasteiger partial charge in [0.15, 0.2) is 0 Å². The molecule has 2 saturated heterocycles. The molecule has 0 radical (unpaired) electrons. The van der Waals surface area contributed by atoms with Crippen molar-refractivity contribution in [1.82, 2.24) is 0 Å². The minimum atomic E-state index is -1.36. The minimum Gasteiger partial charge on any atom is -0.360 e. The highest BCUT2D eigenvalue weighted by Crippen LogP contribution is 2.57. The van der Waals surface area contributed by atoms with Crippen molar-refractivity contribution >= 4 is 0 Å². The summed E-state index contributed by atoms with van der Waals surface area (Å²) in [7, 11) is 0. The fourth-order valence-electron chi connectivity index (χ4n) is 2.45. The predicted octanol–water partition coefficient (Wildman–Crippen LogP) is 0.903. The molecule has 1 aliphatic carbocycles. The number of aliphatic hydroxyl groups is 1. The lowest BCUT2D eigenvalue weighted by Gasteiger charge is -2.26. The lowest BCUT2D eigenvalue weighted by atomic mass is 9.80. The van der Waals surface area contributed by atoms with Crippen molar-refractivity contribution in [3.63, 3.8) is 0 Å². The topological polar surface area (TPSA) is 51.2 Å². The number of hydrogen-bond acceptors (Lipinski definition) is 4. The second kappa shape index (κ2) is 2.07. The van der Waals surface area contributed by atoms with Crippen molar-refractivity contribution in [1.29, 1.82) is 0 Å². The van der Waals surface area contributed by atoms with E-state index in [1.807, 2.05) is 26.8 Å². The minimum absolute atomic E-state index is 0.262. The average molecular weight is 198 g/mol. The zero-order chi connectivity index (χ0) is 10.2. The van der Waals surface area contributed by atoms with Gasteiger partial charge in [0.25, 0.3) is 5.79 Å². The molecule has 2 heterocycles. The van der Waals surface area contributed by atoms with Crippen LogP contribution < -0.4 is 0 Å². The Hall–Kier alpha value is -0.420. The van der Waals surface area contributed by atoms with E-state index >= 15 is 0 Å². The molecule has 2 aliphatic heterocycles. The molecule has 14 heavy (non-hydrogen) atoms. The van der Waals surface area contributed by atoms with Crippen molar-refractivity contribution in [3.8, 4) is 0 Å². The molecule has 0 amide bonds. The first-order chi connectivity index (χ1) is 6.39. The molecule has 0 aromatic heterocycles. The Labute approximate surface area is 82.4 Å². The quantitative estimate of drug-likeness (QED) is 0.357. The Morgan fingerprint density at radius 1 is 1.36 bits per heavy atom.